The van der Waals surface area contributed by atoms with Gasteiger partial charge in [0.15, 0.2) is 0 Å². The monoisotopic (exact) mass is 265 g/mol. The molecule has 0 aromatic heterocycles. The number of carbonyl (C=O) groups excluding carboxylic acids is 1. The summed E-state index contributed by atoms with van der Waals surface area (Å²) in [4.78, 5) is 10.7. The highest BCUT2D eigenvalue weighted by atomic mass is 16.5. The molecule has 1 aromatic rings. The number of amides is 1. The molecule has 5 nitrogen and oxygen atoms in total. The molecule has 0 spiro atoms. The molecule has 0 heterocycles. The van der Waals surface area contributed by atoms with Gasteiger partial charge in [0.1, 0.15) is 11.5 Å². The second kappa shape index (κ2) is 7.43. The molecule has 1 rings (SSSR count). The summed E-state index contributed by atoms with van der Waals surface area (Å²) in [5, 5.41) is 9.10. The van der Waals surface area contributed by atoms with Crippen LogP contribution in [-0.2, 0) is 0 Å². The van der Waals surface area contributed by atoms with Crippen molar-refractivity contribution in [2.45, 2.75) is 18.8 Å². The van der Waals surface area contributed by atoms with Gasteiger partial charge in [-0.15, -0.1) is 6.58 Å². The Bertz CT molecular complexity index is 445. The first-order valence-electron chi connectivity index (χ1n) is 5.99. The van der Waals surface area contributed by atoms with E-state index in [9.17, 15) is 4.79 Å². The van der Waals surface area contributed by atoms with E-state index < -0.39 is 6.09 Å². The third kappa shape index (κ3) is 4.30. The molecule has 1 atom stereocenters. The molecule has 0 aliphatic heterocycles. The summed E-state index contributed by atoms with van der Waals surface area (Å²) < 4.78 is 10.1. The summed E-state index contributed by atoms with van der Waals surface area (Å²) >= 11 is 0. The lowest BCUT2D eigenvalue weighted by Crippen LogP contribution is -2.16. The molecule has 0 radical (unpaired) electrons. The fourth-order valence-electron chi connectivity index (χ4n) is 1.97. The van der Waals surface area contributed by atoms with Crippen molar-refractivity contribution in [2.75, 3.05) is 13.7 Å². The van der Waals surface area contributed by atoms with Crippen LogP contribution in [0.1, 0.15) is 24.3 Å². The number of hydrogen-bond acceptors (Lipinski definition) is 4. The van der Waals surface area contributed by atoms with Crippen LogP contribution in [0.25, 0.3) is 0 Å². The van der Waals surface area contributed by atoms with E-state index in [-0.39, 0.29) is 12.5 Å². The van der Waals surface area contributed by atoms with Crippen LogP contribution >= 0.6 is 0 Å². The maximum Gasteiger partial charge on any atom is 0.409 e. The highest BCUT2D eigenvalue weighted by Gasteiger charge is 2.16. The second-order valence-corrected chi connectivity index (χ2v) is 4.06. The number of carbonyl (C=O) groups is 1. The highest BCUT2D eigenvalue weighted by molar-refractivity contribution is 5.68. The van der Waals surface area contributed by atoms with E-state index in [1.807, 2.05) is 0 Å². The normalized spacial score (nSPS) is 11.7. The minimum absolute atomic E-state index is 0.0845. The Kier molecular flexibility index (Phi) is 5.89. The van der Waals surface area contributed by atoms with E-state index in [1.54, 1.807) is 24.3 Å². The van der Waals surface area contributed by atoms with Gasteiger partial charge < -0.3 is 20.3 Å². The standard InChI is InChI=1S/C14H19NO4/c1-3-4-10(7-8-16)12-6-5-11(19-14(15)17)9-13(12)18-2/h3,5-6,9-10,16H,1,4,7-8H2,2H3,(H2,15,17). The van der Waals surface area contributed by atoms with Gasteiger partial charge in [0.05, 0.1) is 7.11 Å². The lowest BCUT2D eigenvalue weighted by atomic mass is 9.92. The Hall–Kier alpha value is -2.01. The van der Waals surface area contributed by atoms with Crippen LogP contribution in [0.15, 0.2) is 30.9 Å². The average Bonchev–Trinajstić information content (AvgIpc) is 2.37. The van der Waals surface area contributed by atoms with Crippen molar-refractivity contribution < 1.29 is 19.4 Å². The van der Waals surface area contributed by atoms with Crippen molar-refractivity contribution >= 4 is 6.09 Å². The van der Waals surface area contributed by atoms with Crippen LogP contribution in [0.5, 0.6) is 11.5 Å². The Morgan fingerprint density at radius 3 is 2.84 bits per heavy atom. The first-order chi connectivity index (χ1) is 9.12. The van der Waals surface area contributed by atoms with E-state index in [4.69, 9.17) is 20.3 Å². The second-order valence-electron chi connectivity index (χ2n) is 4.06. The highest BCUT2D eigenvalue weighted by Crippen LogP contribution is 2.34. The Morgan fingerprint density at radius 2 is 2.32 bits per heavy atom. The number of benzene rings is 1. The first kappa shape index (κ1) is 15.0. The molecule has 0 saturated heterocycles. The molecule has 3 N–H and O–H groups in total. The Labute approximate surface area is 112 Å². The molecule has 0 bridgehead atoms. The number of hydrogen-bond donors (Lipinski definition) is 2. The van der Waals surface area contributed by atoms with Crippen molar-refractivity contribution in [3.8, 4) is 11.5 Å². The third-order valence-corrected chi connectivity index (χ3v) is 2.79. The van der Waals surface area contributed by atoms with Gasteiger partial charge in [0.25, 0.3) is 0 Å². The topological polar surface area (TPSA) is 81.8 Å². The summed E-state index contributed by atoms with van der Waals surface area (Å²) in [6.07, 6.45) is 2.27. The smallest absolute Gasteiger partial charge is 0.409 e. The summed E-state index contributed by atoms with van der Waals surface area (Å²) in [7, 11) is 1.54. The molecule has 19 heavy (non-hydrogen) atoms. The molecule has 0 saturated carbocycles. The number of methoxy groups -OCH3 is 1. The van der Waals surface area contributed by atoms with Crippen molar-refractivity contribution in [1.82, 2.24) is 0 Å². The lowest BCUT2D eigenvalue weighted by Gasteiger charge is -2.18. The number of primary amides is 1. The molecule has 0 aliphatic rings. The van der Waals surface area contributed by atoms with Crippen molar-refractivity contribution in [3.05, 3.63) is 36.4 Å². The van der Waals surface area contributed by atoms with Gasteiger partial charge in [0, 0.05) is 12.7 Å². The molecule has 104 valence electrons. The number of nitrogens with two attached hydrogens (primary N) is 1. The summed E-state index contributed by atoms with van der Waals surface area (Å²) in [6.45, 7) is 3.80. The number of rotatable bonds is 7. The Balaban J connectivity index is 3.04. The summed E-state index contributed by atoms with van der Waals surface area (Å²) in [5.74, 6) is 1.04. The van der Waals surface area contributed by atoms with E-state index in [0.717, 1.165) is 12.0 Å². The number of aliphatic hydroxyl groups excluding tert-OH is 1. The number of aliphatic hydroxyl groups is 1. The number of allylic oxidation sites excluding steroid dienone is 1. The van der Waals surface area contributed by atoms with Gasteiger partial charge in [-0.1, -0.05) is 12.1 Å². The SMILES string of the molecule is C=CCC(CCO)c1ccc(OC(N)=O)cc1OC. The van der Waals surface area contributed by atoms with Gasteiger partial charge in [-0.3, -0.25) is 0 Å². The molecule has 1 amide bonds. The predicted molar refractivity (Wildman–Crippen MR) is 72.5 cm³/mol. The number of ether oxygens (including phenoxy) is 2. The van der Waals surface area contributed by atoms with Crippen molar-refractivity contribution in [2.24, 2.45) is 5.73 Å². The van der Waals surface area contributed by atoms with Crippen molar-refractivity contribution in [3.63, 3.8) is 0 Å². The minimum Gasteiger partial charge on any atom is -0.496 e. The zero-order valence-corrected chi connectivity index (χ0v) is 11.0. The molecule has 1 unspecified atom stereocenters. The third-order valence-electron chi connectivity index (χ3n) is 2.79. The molecule has 5 heteroatoms. The first-order valence-corrected chi connectivity index (χ1v) is 5.99. The van der Waals surface area contributed by atoms with E-state index in [2.05, 4.69) is 6.58 Å². The van der Waals surface area contributed by atoms with Crippen LogP contribution in [0.3, 0.4) is 0 Å². The largest absolute Gasteiger partial charge is 0.496 e. The van der Waals surface area contributed by atoms with Gasteiger partial charge >= 0.3 is 6.09 Å². The predicted octanol–water partition coefficient (Wildman–Crippen LogP) is 2.19. The molecule has 1 aromatic carbocycles. The van der Waals surface area contributed by atoms with Gasteiger partial charge in [-0.25, -0.2) is 4.79 Å². The van der Waals surface area contributed by atoms with Gasteiger partial charge in [0.2, 0.25) is 0 Å². The van der Waals surface area contributed by atoms with E-state index in [0.29, 0.717) is 17.9 Å². The van der Waals surface area contributed by atoms with E-state index >= 15 is 0 Å². The summed E-state index contributed by atoms with van der Waals surface area (Å²) in [5.41, 5.74) is 5.90. The van der Waals surface area contributed by atoms with Crippen LogP contribution in [0.4, 0.5) is 4.79 Å². The average molecular weight is 265 g/mol. The van der Waals surface area contributed by atoms with Crippen LogP contribution in [-0.4, -0.2) is 24.9 Å². The molecule has 0 aliphatic carbocycles. The zero-order valence-electron chi connectivity index (χ0n) is 11.0. The molecular weight excluding hydrogens is 246 g/mol. The maximum absolute atomic E-state index is 10.7. The van der Waals surface area contributed by atoms with Gasteiger partial charge in [-0.05, 0) is 30.4 Å². The minimum atomic E-state index is -0.868. The Morgan fingerprint density at radius 1 is 1.58 bits per heavy atom. The van der Waals surface area contributed by atoms with Crippen LogP contribution in [0, 0.1) is 0 Å². The van der Waals surface area contributed by atoms with Crippen LogP contribution < -0.4 is 15.2 Å². The van der Waals surface area contributed by atoms with Crippen molar-refractivity contribution in [1.29, 1.82) is 0 Å². The maximum atomic E-state index is 10.7. The molecule has 0 fully saturated rings. The fourth-order valence-corrected chi connectivity index (χ4v) is 1.97. The summed E-state index contributed by atoms with van der Waals surface area (Å²) in [6, 6.07) is 5.06. The quantitative estimate of drug-likeness (QED) is 0.740. The zero-order chi connectivity index (χ0) is 14.3. The van der Waals surface area contributed by atoms with Gasteiger partial charge in [-0.2, -0.15) is 0 Å². The van der Waals surface area contributed by atoms with E-state index in [1.165, 1.54) is 7.11 Å². The lowest BCUT2D eigenvalue weighted by molar-refractivity contribution is 0.210. The fraction of sp³-hybridized carbons (Fsp3) is 0.357. The van der Waals surface area contributed by atoms with Crippen LogP contribution in [0.2, 0.25) is 0 Å². The molecular formula is C14H19NO4.